The Morgan fingerprint density at radius 3 is 2.00 bits per heavy atom. The van der Waals surface area contributed by atoms with E-state index in [1.54, 1.807) is 44.4 Å². The second-order valence-corrected chi connectivity index (χ2v) is 4.65. The van der Waals surface area contributed by atoms with E-state index in [1.165, 1.54) is 19.2 Å². The number of halogens is 1. The van der Waals surface area contributed by atoms with E-state index in [2.05, 4.69) is 0 Å². The summed E-state index contributed by atoms with van der Waals surface area (Å²) in [5.41, 5.74) is 0.000599. The zero-order valence-corrected chi connectivity index (χ0v) is 11.7. The van der Waals surface area contributed by atoms with Crippen molar-refractivity contribution in [2.24, 2.45) is 0 Å². The molecule has 20 heavy (non-hydrogen) atoms. The average Bonchev–Trinajstić information content (AvgIpc) is 2.46. The second-order valence-electron chi connectivity index (χ2n) is 4.65. The Morgan fingerprint density at radius 1 is 0.900 bits per heavy atom. The summed E-state index contributed by atoms with van der Waals surface area (Å²) >= 11 is 0. The molecule has 0 aliphatic carbocycles. The van der Waals surface area contributed by atoms with Crippen LogP contribution in [-0.2, 0) is 5.60 Å². The van der Waals surface area contributed by atoms with Gasteiger partial charge in [0.2, 0.25) is 0 Å². The summed E-state index contributed by atoms with van der Waals surface area (Å²) in [6, 6.07) is 11.0. The molecule has 0 aromatic heterocycles. The number of aliphatic hydroxyl groups is 1. The lowest BCUT2D eigenvalue weighted by Gasteiger charge is -2.25. The standard InChI is InChI=1S/C16H17FO3/c1-16(18,11-4-7-13(17)8-5-11)12-6-9-14(19-2)15(10-12)20-3/h4-10,18H,1-3H3. The molecule has 106 valence electrons. The first kappa shape index (κ1) is 14.3. The molecule has 0 bridgehead atoms. The molecule has 0 aliphatic heterocycles. The SMILES string of the molecule is COc1ccc(C(C)(O)c2ccc(F)cc2)cc1OC. The van der Waals surface area contributed by atoms with Crippen molar-refractivity contribution in [1.29, 1.82) is 0 Å². The molecule has 0 saturated carbocycles. The maximum atomic E-state index is 13.0. The lowest BCUT2D eigenvalue weighted by Crippen LogP contribution is -2.22. The molecule has 1 N–H and O–H groups in total. The fraction of sp³-hybridized carbons (Fsp3) is 0.250. The molecule has 3 nitrogen and oxygen atoms in total. The van der Waals surface area contributed by atoms with Crippen molar-refractivity contribution in [2.75, 3.05) is 14.2 Å². The zero-order valence-electron chi connectivity index (χ0n) is 11.7. The highest BCUT2D eigenvalue weighted by Gasteiger charge is 2.26. The van der Waals surface area contributed by atoms with Crippen LogP contribution in [0.25, 0.3) is 0 Å². The summed E-state index contributed by atoms with van der Waals surface area (Å²) in [6.07, 6.45) is 0. The third-order valence-corrected chi connectivity index (χ3v) is 3.35. The molecule has 0 amide bonds. The summed E-state index contributed by atoms with van der Waals surface area (Å²) in [4.78, 5) is 0. The van der Waals surface area contributed by atoms with Crippen LogP contribution in [0.2, 0.25) is 0 Å². The van der Waals surface area contributed by atoms with Crippen LogP contribution in [0.5, 0.6) is 11.5 Å². The molecule has 1 atom stereocenters. The fourth-order valence-corrected chi connectivity index (χ4v) is 2.08. The van der Waals surface area contributed by atoms with Gasteiger partial charge in [0.1, 0.15) is 11.4 Å². The van der Waals surface area contributed by atoms with Crippen LogP contribution in [0.15, 0.2) is 42.5 Å². The minimum Gasteiger partial charge on any atom is -0.493 e. The van der Waals surface area contributed by atoms with Crippen LogP contribution >= 0.6 is 0 Å². The largest absolute Gasteiger partial charge is 0.493 e. The maximum absolute atomic E-state index is 13.0. The normalized spacial score (nSPS) is 13.7. The van der Waals surface area contributed by atoms with Crippen molar-refractivity contribution in [1.82, 2.24) is 0 Å². The first-order valence-corrected chi connectivity index (χ1v) is 6.20. The molecule has 4 heteroatoms. The van der Waals surface area contributed by atoms with Gasteiger partial charge in [-0.05, 0) is 42.3 Å². The summed E-state index contributed by atoms with van der Waals surface area (Å²) in [7, 11) is 3.09. The lowest BCUT2D eigenvalue weighted by atomic mass is 9.88. The predicted molar refractivity (Wildman–Crippen MR) is 74.6 cm³/mol. The van der Waals surface area contributed by atoms with E-state index in [-0.39, 0.29) is 5.82 Å². The van der Waals surface area contributed by atoms with E-state index in [0.717, 1.165) is 0 Å². The monoisotopic (exact) mass is 276 g/mol. The van der Waals surface area contributed by atoms with Gasteiger partial charge in [-0.25, -0.2) is 4.39 Å². The van der Waals surface area contributed by atoms with Crippen molar-refractivity contribution in [3.63, 3.8) is 0 Å². The zero-order chi connectivity index (χ0) is 14.8. The Hall–Kier alpha value is -2.07. The smallest absolute Gasteiger partial charge is 0.161 e. The van der Waals surface area contributed by atoms with Crippen LogP contribution in [0.1, 0.15) is 18.1 Å². The first-order valence-electron chi connectivity index (χ1n) is 6.20. The molecule has 2 aromatic carbocycles. The van der Waals surface area contributed by atoms with Gasteiger partial charge in [-0.1, -0.05) is 18.2 Å². The number of benzene rings is 2. The Bertz CT molecular complexity index is 591. The van der Waals surface area contributed by atoms with E-state index >= 15 is 0 Å². The molecule has 2 rings (SSSR count). The molecule has 0 fully saturated rings. The van der Waals surface area contributed by atoms with Crippen LogP contribution in [0.4, 0.5) is 4.39 Å². The van der Waals surface area contributed by atoms with Crippen molar-refractivity contribution < 1.29 is 19.0 Å². The topological polar surface area (TPSA) is 38.7 Å². The van der Waals surface area contributed by atoms with Gasteiger partial charge in [-0.15, -0.1) is 0 Å². The van der Waals surface area contributed by atoms with Gasteiger partial charge < -0.3 is 14.6 Å². The van der Waals surface area contributed by atoms with Gasteiger partial charge in [-0.2, -0.15) is 0 Å². The molecule has 1 unspecified atom stereocenters. The van der Waals surface area contributed by atoms with Crippen LogP contribution in [0, 0.1) is 5.82 Å². The van der Waals surface area contributed by atoms with Gasteiger partial charge >= 0.3 is 0 Å². The van der Waals surface area contributed by atoms with E-state index in [1.807, 2.05) is 0 Å². The Morgan fingerprint density at radius 2 is 1.45 bits per heavy atom. The molecule has 0 spiro atoms. The summed E-state index contributed by atoms with van der Waals surface area (Å²) < 4.78 is 23.4. The average molecular weight is 276 g/mol. The Kier molecular flexibility index (Phi) is 3.95. The third-order valence-electron chi connectivity index (χ3n) is 3.35. The number of ether oxygens (including phenoxy) is 2. The molecule has 0 saturated heterocycles. The van der Waals surface area contributed by atoms with Gasteiger partial charge in [0.15, 0.2) is 11.5 Å². The van der Waals surface area contributed by atoms with Crippen molar-refractivity contribution in [3.8, 4) is 11.5 Å². The van der Waals surface area contributed by atoms with E-state index < -0.39 is 5.60 Å². The first-order chi connectivity index (χ1) is 9.48. The molecular weight excluding hydrogens is 259 g/mol. The van der Waals surface area contributed by atoms with Gasteiger partial charge in [0, 0.05) is 0 Å². The summed E-state index contributed by atoms with van der Waals surface area (Å²) in [6.45, 7) is 1.65. The third kappa shape index (κ3) is 2.60. The minimum atomic E-state index is -1.24. The summed E-state index contributed by atoms with van der Waals surface area (Å²) in [5, 5.41) is 10.7. The minimum absolute atomic E-state index is 0.336. The van der Waals surface area contributed by atoms with Gasteiger partial charge in [-0.3, -0.25) is 0 Å². The van der Waals surface area contributed by atoms with Crippen molar-refractivity contribution in [2.45, 2.75) is 12.5 Å². The van der Waals surface area contributed by atoms with E-state index in [4.69, 9.17) is 9.47 Å². The van der Waals surface area contributed by atoms with Gasteiger partial charge in [0.25, 0.3) is 0 Å². The van der Waals surface area contributed by atoms with E-state index in [0.29, 0.717) is 22.6 Å². The Balaban J connectivity index is 2.45. The van der Waals surface area contributed by atoms with Gasteiger partial charge in [0.05, 0.1) is 14.2 Å². The molecule has 0 aliphatic rings. The highest BCUT2D eigenvalue weighted by Crippen LogP contribution is 2.35. The van der Waals surface area contributed by atoms with E-state index in [9.17, 15) is 9.50 Å². The van der Waals surface area contributed by atoms with Crippen LogP contribution < -0.4 is 9.47 Å². The maximum Gasteiger partial charge on any atom is 0.161 e. The Labute approximate surface area is 117 Å². The molecular formula is C16H17FO3. The molecule has 0 radical (unpaired) electrons. The fourth-order valence-electron chi connectivity index (χ4n) is 2.08. The lowest BCUT2D eigenvalue weighted by molar-refractivity contribution is 0.102. The van der Waals surface area contributed by atoms with Crippen LogP contribution in [-0.4, -0.2) is 19.3 Å². The van der Waals surface area contributed by atoms with Crippen LogP contribution in [0.3, 0.4) is 0 Å². The molecule has 0 heterocycles. The number of hydrogen-bond acceptors (Lipinski definition) is 3. The van der Waals surface area contributed by atoms with Crippen molar-refractivity contribution in [3.05, 3.63) is 59.4 Å². The predicted octanol–water partition coefficient (Wildman–Crippen LogP) is 3.10. The van der Waals surface area contributed by atoms with Crippen molar-refractivity contribution >= 4 is 0 Å². The number of hydrogen-bond donors (Lipinski definition) is 1. The molecule has 2 aromatic rings. The quantitative estimate of drug-likeness (QED) is 0.932. The number of methoxy groups -OCH3 is 2. The number of rotatable bonds is 4. The highest BCUT2D eigenvalue weighted by atomic mass is 19.1. The second kappa shape index (κ2) is 5.51. The summed E-state index contributed by atoms with van der Waals surface area (Å²) in [5.74, 6) is 0.787. The highest BCUT2D eigenvalue weighted by molar-refractivity contribution is 5.47.